The predicted octanol–water partition coefficient (Wildman–Crippen LogP) is 3.12. The van der Waals surface area contributed by atoms with E-state index in [-0.39, 0.29) is 36.4 Å². The number of hydrogen-bond acceptors (Lipinski definition) is 5. The number of carbonyl (C=O) groups is 3. The summed E-state index contributed by atoms with van der Waals surface area (Å²) in [5, 5.41) is 0.737. The van der Waals surface area contributed by atoms with E-state index in [9.17, 15) is 14.4 Å². The quantitative estimate of drug-likeness (QED) is 0.645. The molecule has 0 radical (unpaired) electrons. The lowest BCUT2D eigenvalue weighted by molar-refractivity contribution is -0.139. The summed E-state index contributed by atoms with van der Waals surface area (Å²) in [6, 6.07) is 3.17. The van der Waals surface area contributed by atoms with E-state index in [2.05, 4.69) is 4.90 Å². The van der Waals surface area contributed by atoms with E-state index in [1.807, 2.05) is 23.9 Å². The minimum atomic E-state index is -0.651. The Morgan fingerprint density at radius 3 is 2.62 bits per heavy atom. The highest BCUT2D eigenvalue weighted by Crippen LogP contribution is 2.44. The molecular formula is C23H29Cl2N3O4. The molecule has 4 rings (SSSR count). The molecule has 1 unspecified atom stereocenters. The van der Waals surface area contributed by atoms with Crippen molar-refractivity contribution in [2.75, 3.05) is 46.8 Å². The van der Waals surface area contributed by atoms with Crippen molar-refractivity contribution in [3.63, 3.8) is 0 Å². The number of hydrogen-bond donors (Lipinski definition) is 0. The zero-order chi connectivity index (χ0) is 23.0. The number of amides is 2. The van der Waals surface area contributed by atoms with E-state index in [1.54, 1.807) is 12.1 Å². The smallest absolute Gasteiger partial charge is 0.227 e. The first-order valence-corrected chi connectivity index (χ1v) is 11.9. The summed E-state index contributed by atoms with van der Waals surface area (Å²) in [6.07, 6.45) is 2.53. The van der Waals surface area contributed by atoms with Gasteiger partial charge in [0.1, 0.15) is 11.4 Å². The van der Waals surface area contributed by atoms with Crippen molar-refractivity contribution in [2.24, 2.45) is 5.92 Å². The Morgan fingerprint density at radius 2 is 1.94 bits per heavy atom. The van der Waals surface area contributed by atoms with Gasteiger partial charge in [-0.3, -0.25) is 14.4 Å². The van der Waals surface area contributed by atoms with E-state index in [0.29, 0.717) is 60.4 Å². The molecule has 1 aromatic rings. The highest BCUT2D eigenvalue weighted by atomic mass is 35.5. The number of nitrogens with zero attached hydrogens (tertiary/aromatic N) is 3. The van der Waals surface area contributed by atoms with Crippen LogP contribution in [0.25, 0.3) is 0 Å². The molecule has 0 saturated carbocycles. The van der Waals surface area contributed by atoms with Gasteiger partial charge in [-0.2, -0.15) is 0 Å². The van der Waals surface area contributed by atoms with Gasteiger partial charge in [-0.15, -0.1) is 0 Å². The summed E-state index contributed by atoms with van der Waals surface area (Å²) in [5.41, 5.74) is -0.229. The molecule has 0 bridgehead atoms. The number of piperidine rings is 1. The zero-order valence-corrected chi connectivity index (χ0v) is 20.0. The zero-order valence-electron chi connectivity index (χ0n) is 18.5. The summed E-state index contributed by atoms with van der Waals surface area (Å²) in [6.45, 7) is 3.08. The van der Waals surface area contributed by atoms with E-state index < -0.39 is 5.60 Å². The lowest BCUT2D eigenvalue weighted by Crippen LogP contribution is -2.53. The van der Waals surface area contributed by atoms with Gasteiger partial charge in [0.15, 0.2) is 5.78 Å². The highest BCUT2D eigenvalue weighted by Gasteiger charge is 2.46. The summed E-state index contributed by atoms with van der Waals surface area (Å²) >= 11 is 12.3. The van der Waals surface area contributed by atoms with Crippen LogP contribution in [0.1, 0.15) is 42.5 Å². The molecule has 3 aliphatic rings. The molecule has 32 heavy (non-hydrogen) atoms. The van der Waals surface area contributed by atoms with Crippen LogP contribution < -0.4 is 4.74 Å². The van der Waals surface area contributed by atoms with E-state index in [0.717, 1.165) is 13.0 Å². The number of carbonyl (C=O) groups excluding carboxylic acids is 3. The molecule has 1 atom stereocenters. The normalized spacial score (nSPS) is 22.5. The number of likely N-dealkylation sites (tertiary alicyclic amines) is 2. The SMILES string of the molecule is CN(C)CCCN1CC(C(=O)N2CCC3(CC2)CC(=O)c2cc(Cl)cc(Cl)c2O3)CC1=O. The highest BCUT2D eigenvalue weighted by molar-refractivity contribution is 6.36. The largest absolute Gasteiger partial charge is 0.484 e. The fraction of sp³-hybridized carbons (Fsp3) is 0.609. The maximum atomic E-state index is 13.1. The van der Waals surface area contributed by atoms with E-state index >= 15 is 0 Å². The van der Waals surface area contributed by atoms with Crippen LogP contribution in [0.5, 0.6) is 5.75 Å². The molecule has 2 fully saturated rings. The van der Waals surface area contributed by atoms with Crippen LogP contribution in [-0.4, -0.2) is 84.7 Å². The van der Waals surface area contributed by atoms with Crippen molar-refractivity contribution in [3.05, 3.63) is 27.7 Å². The molecular weight excluding hydrogens is 453 g/mol. The second kappa shape index (κ2) is 9.20. The van der Waals surface area contributed by atoms with Crippen LogP contribution in [0.2, 0.25) is 10.0 Å². The van der Waals surface area contributed by atoms with Gasteiger partial charge in [0.2, 0.25) is 11.8 Å². The van der Waals surface area contributed by atoms with Gasteiger partial charge in [0, 0.05) is 50.5 Å². The van der Waals surface area contributed by atoms with Crippen LogP contribution in [0.4, 0.5) is 0 Å². The number of Topliss-reactive ketones (excluding diaryl/α,β-unsaturated/α-hetero) is 1. The van der Waals surface area contributed by atoms with Crippen molar-refractivity contribution < 1.29 is 19.1 Å². The summed E-state index contributed by atoms with van der Waals surface area (Å²) in [4.78, 5) is 43.9. The molecule has 2 amide bonds. The number of benzene rings is 1. The van der Waals surface area contributed by atoms with Gasteiger partial charge in [-0.25, -0.2) is 0 Å². The Balaban J connectivity index is 1.35. The number of fused-ring (bicyclic) bond motifs is 1. The first-order chi connectivity index (χ1) is 15.2. The van der Waals surface area contributed by atoms with Crippen LogP contribution in [-0.2, 0) is 9.59 Å². The number of halogens is 2. The molecule has 2 saturated heterocycles. The lowest BCUT2D eigenvalue weighted by Gasteiger charge is -2.44. The Labute approximate surface area is 198 Å². The number of rotatable bonds is 5. The molecule has 9 heteroatoms. The second-order valence-corrected chi connectivity index (χ2v) is 10.2. The molecule has 1 spiro atoms. The van der Waals surface area contributed by atoms with Gasteiger partial charge in [0.25, 0.3) is 0 Å². The van der Waals surface area contributed by atoms with Gasteiger partial charge in [0.05, 0.1) is 22.9 Å². The first kappa shape index (κ1) is 23.3. The van der Waals surface area contributed by atoms with Crippen LogP contribution in [0.15, 0.2) is 12.1 Å². The molecule has 0 aliphatic carbocycles. The molecule has 3 aliphatic heterocycles. The third-order valence-electron chi connectivity index (χ3n) is 6.69. The van der Waals surface area contributed by atoms with Crippen molar-refractivity contribution in [1.29, 1.82) is 0 Å². The Morgan fingerprint density at radius 1 is 1.22 bits per heavy atom. The summed E-state index contributed by atoms with van der Waals surface area (Å²) < 4.78 is 6.25. The summed E-state index contributed by atoms with van der Waals surface area (Å²) in [5.74, 6) is 0.145. The number of ether oxygens (including phenoxy) is 1. The molecule has 3 heterocycles. The van der Waals surface area contributed by atoms with Crippen LogP contribution in [0, 0.1) is 5.92 Å². The average Bonchev–Trinajstić information content (AvgIpc) is 3.09. The maximum absolute atomic E-state index is 13.1. The first-order valence-electron chi connectivity index (χ1n) is 11.1. The third-order valence-corrected chi connectivity index (χ3v) is 7.19. The minimum absolute atomic E-state index is 0.0238. The van der Waals surface area contributed by atoms with Crippen LogP contribution >= 0.6 is 23.2 Å². The molecule has 7 nitrogen and oxygen atoms in total. The van der Waals surface area contributed by atoms with Crippen molar-refractivity contribution >= 4 is 40.8 Å². The predicted molar refractivity (Wildman–Crippen MR) is 122 cm³/mol. The molecule has 0 N–H and O–H groups in total. The Hall–Kier alpha value is -1.83. The molecule has 174 valence electrons. The Bertz CT molecular complexity index is 928. The monoisotopic (exact) mass is 481 g/mol. The Kier molecular flexibility index (Phi) is 6.71. The van der Waals surface area contributed by atoms with Gasteiger partial charge < -0.3 is 19.4 Å². The minimum Gasteiger partial charge on any atom is -0.484 e. The van der Waals surface area contributed by atoms with E-state index in [4.69, 9.17) is 27.9 Å². The molecule has 0 aromatic heterocycles. The summed E-state index contributed by atoms with van der Waals surface area (Å²) in [7, 11) is 4.01. The molecule has 1 aromatic carbocycles. The fourth-order valence-corrected chi connectivity index (χ4v) is 5.45. The number of ketones is 1. The third kappa shape index (κ3) is 4.75. The van der Waals surface area contributed by atoms with Gasteiger partial charge in [-0.1, -0.05) is 23.2 Å². The average molecular weight is 482 g/mol. The van der Waals surface area contributed by atoms with E-state index in [1.165, 1.54) is 0 Å². The standard InChI is InChI=1S/C23H29Cl2N3O4/c1-26(2)6-3-7-28-14-15(10-20(28)30)22(31)27-8-4-23(5-9-27)13-19(29)17-11-16(24)12-18(25)21(17)32-23/h11-12,15H,3-10,13-14H2,1-2H3. The van der Waals surface area contributed by atoms with Crippen LogP contribution in [0.3, 0.4) is 0 Å². The van der Waals surface area contributed by atoms with Gasteiger partial charge in [-0.05, 0) is 39.2 Å². The second-order valence-electron chi connectivity index (χ2n) is 9.37. The van der Waals surface area contributed by atoms with Gasteiger partial charge >= 0.3 is 0 Å². The fourth-order valence-electron chi connectivity index (χ4n) is 4.91. The topological polar surface area (TPSA) is 70.2 Å². The maximum Gasteiger partial charge on any atom is 0.227 e. The van der Waals surface area contributed by atoms with Crippen molar-refractivity contribution in [1.82, 2.24) is 14.7 Å². The lowest BCUT2D eigenvalue weighted by atomic mass is 9.82. The van der Waals surface area contributed by atoms with Crippen molar-refractivity contribution in [3.8, 4) is 5.75 Å². The van der Waals surface area contributed by atoms with Crippen molar-refractivity contribution in [2.45, 2.75) is 37.7 Å².